The molecule has 0 spiro atoms. The Balaban J connectivity index is 1.71. The van der Waals surface area contributed by atoms with Crippen LogP contribution in [0, 0.1) is 0 Å². The van der Waals surface area contributed by atoms with Crippen molar-refractivity contribution in [2.24, 2.45) is 0 Å². The monoisotopic (exact) mass is 326 g/mol. The molecule has 1 aliphatic rings. The highest BCUT2D eigenvalue weighted by Crippen LogP contribution is 2.26. The summed E-state index contributed by atoms with van der Waals surface area (Å²) < 4.78 is 5.20. The molecule has 2 aromatic carbocycles. The van der Waals surface area contributed by atoms with Gasteiger partial charge in [-0.2, -0.15) is 0 Å². The lowest BCUT2D eigenvalue weighted by atomic mass is 9.91. The molecule has 0 aliphatic carbocycles. The Hall–Kier alpha value is -2.53. The first-order valence-electron chi connectivity index (χ1n) is 8.10. The molecule has 5 nitrogen and oxygen atoms in total. The van der Waals surface area contributed by atoms with Crippen LogP contribution in [0.5, 0.6) is 11.5 Å². The predicted molar refractivity (Wildman–Crippen MR) is 91.8 cm³/mol. The van der Waals surface area contributed by atoms with Gasteiger partial charge in [-0.3, -0.25) is 4.79 Å². The van der Waals surface area contributed by atoms with Crippen molar-refractivity contribution in [2.45, 2.75) is 31.5 Å². The molecule has 0 aromatic heterocycles. The Morgan fingerprint density at radius 3 is 2.54 bits per heavy atom. The Bertz CT molecular complexity index is 683. The molecule has 3 rings (SSSR count). The predicted octanol–water partition coefficient (Wildman–Crippen LogP) is 2.51. The number of phenolic OH excluding ortho intramolecular Hbond substituents is 1. The number of amides is 1. The quantitative estimate of drug-likeness (QED) is 0.789. The van der Waals surface area contributed by atoms with Gasteiger partial charge in [0.15, 0.2) is 0 Å². The lowest BCUT2D eigenvalue weighted by Gasteiger charge is -2.33. The molecular formula is C19H22N2O3. The molecule has 0 saturated carbocycles. The van der Waals surface area contributed by atoms with Gasteiger partial charge in [0, 0.05) is 19.0 Å². The van der Waals surface area contributed by atoms with Crippen LogP contribution in [0.15, 0.2) is 48.5 Å². The number of carbonyl (C=O) groups is 1. The van der Waals surface area contributed by atoms with Gasteiger partial charge in [0.05, 0.1) is 13.2 Å². The Morgan fingerprint density at radius 1 is 1.17 bits per heavy atom. The number of hydrogen-bond donors (Lipinski definition) is 3. The fraction of sp³-hybridized carbons (Fsp3) is 0.316. The Morgan fingerprint density at radius 2 is 1.88 bits per heavy atom. The van der Waals surface area contributed by atoms with Crippen LogP contribution < -0.4 is 15.4 Å². The van der Waals surface area contributed by atoms with Gasteiger partial charge in [0.25, 0.3) is 0 Å². The topological polar surface area (TPSA) is 70.6 Å². The normalized spacial score (nSPS) is 20.5. The largest absolute Gasteiger partial charge is 0.508 e. The summed E-state index contributed by atoms with van der Waals surface area (Å²) in [5.74, 6) is 1.15. The molecule has 2 aromatic rings. The van der Waals surface area contributed by atoms with Crippen molar-refractivity contribution in [2.75, 3.05) is 7.11 Å². The molecule has 1 amide bonds. The van der Waals surface area contributed by atoms with Crippen LogP contribution in [-0.2, 0) is 11.3 Å². The number of methoxy groups -OCH3 is 1. The minimum absolute atomic E-state index is 0.0609. The summed E-state index contributed by atoms with van der Waals surface area (Å²) in [6.45, 7) is 0.688. The van der Waals surface area contributed by atoms with Crippen LogP contribution >= 0.6 is 0 Å². The second-order valence-electron chi connectivity index (χ2n) is 6.01. The standard InChI is InChI=1S/C19H22N2O3/c1-24-16-8-4-14(5-9-16)19-17(10-11-18(23)21-19)20-12-13-2-6-15(22)7-3-13/h2-9,17,19-20,22H,10-12H2,1H3,(H,21,23)/t17-,19+/m1/s1. The van der Waals surface area contributed by atoms with Crippen LogP contribution in [0.4, 0.5) is 0 Å². The number of ether oxygens (including phenoxy) is 1. The molecule has 1 saturated heterocycles. The Labute approximate surface area is 141 Å². The van der Waals surface area contributed by atoms with Gasteiger partial charge in [-0.1, -0.05) is 24.3 Å². The van der Waals surface area contributed by atoms with Gasteiger partial charge in [0.1, 0.15) is 11.5 Å². The third kappa shape index (κ3) is 3.86. The van der Waals surface area contributed by atoms with E-state index in [1.807, 2.05) is 36.4 Å². The minimum Gasteiger partial charge on any atom is -0.508 e. The third-order valence-corrected chi connectivity index (χ3v) is 4.38. The van der Waals surface area contributed by atoms with Gasteiger partial charge in [-0.05, 0) is 41.8 Å². The smallest absolute Gasteiger partial charge is 0.220 e. The zero-order valence-electron chi connectivity index (χ0n) is 13.7. The molecule has 0 bridgehead atoms. The molecule has 5 heteroatoms. The van der Waals surface area contributed by atoms with Crippen LogP contribution in [0.3, 0.4) is 0 Å². The fourth-order valence-electron chi connectivity index (χ4n) is 3.01. The van der Waals surface area contributed by atoms with E-state index in [0.717, 1.165) is 23.3 Å². The highest BCUT2D eigenvalue weighted by molar-refractivity contribution is 5.77. The second kappa shape index (κ2) is 7.36. The number of phenols is 1. The maximum atomic E-state index is 11.8. The van der Waals surface area contributed by atoms with Gasteiger partial charge in [-0.15, -0.1) is 0 Å². The molecule has 24 heavy (non-hydrogen) atoms. The number of carbonyl (C=O) groups excluding carboxylic acids is 1. The van der Waals surface area contributed by atoms with Crippen molar-refractivity contribution >= 4 is 5.91 Å². The van der Waals surface area contributed by atoms with E-state index >= 15 is 0 Å². The highest BCUT2D eigenvalue weighted by Gasteiger charge is 2.29. The summed E-state index contributed by atoms with van der Waals surface area (Å²) in [4.78, 5) is 11.8. The molecule has 1 heterocycles. The van der Waals surface area contributed by atoms with E-state index < -0.39 is 0 Å². The molecule has 1 aliphatic heterocycles. The number of aromatic hydroxyl groups is 1. The first kappa shape index (κ1) is 16.3. The Kier molecular flexibility index (Phi) is 5.01. The van der Waals surface area contributed by atoms with Gasteiger partial charge in [0.2, 0.25) is 5.91 Å². The highest BCUT2D eigenvalue weighted by atomic mass is 16.5. The number of nitrogens with one attached hydrogen (secondary N) is 2. The van der Waals surface area contributed by atoms with Crippen molar-refractivity contribution in [3.63, 3.8) is 0 Å². The summed E-state index contributed by atoms with van der Waals surface area (Å²) in [6.07, 6.45) is 1.32. The first-order chi connectivity index (χ1) is 11.7. The summed E-state index contributed by atoms with van der Waals surface area (Å²) >= 11 is 0. The van der Waals surface area contributed by atoms with E-state index in [1.165, 1.54) is 0 Å². The maximum Gasteiger partial charge on any atom is 0.220 e. The summed E-state index contributed by atoms with van der Waals surface area (Å²) in [5.41, 5.74) is 2.16. The molecule has 3 N–H and O–H groups in total. The lowest BCUT2D eigenvalue weighted by Crippen LogP contribution is -2.48. The molecule has 0 unspecified atom stereocenters. The van der Waals surface area contributed by atoms with Gasteiger partial charge < -0.3 is 20.5 Å². The summed E-state index contributed by atoms with van der Waals surface area (Å²) in [6, 6.07) is 15.0. The van der Waals surface area contributed by atoms with E-state index in [0.29, 0.717) is 13.0 Å². The summed E-state index contributed by atoms with van der Waals surface area (Å²) in [7, 11) is 1.64. The van der Waals surface area contributed by atoms with Gasteiger partial charge in [-0.25, -0.2) is 0 Å². The van der Waals surface area contributed by atoms with E-state index in [9.17, 15) is 9.90 Å². The van der Waals surface area contributed by atoms with Crippen LogP contribution in [0.1, 0.15) is 30.0 Å². The van der Waals surface area contributed by atoms with Crippen LogP contribution in [-0.4, -0.2) is 24.2 Å². The zero-order valence-corrected chi connectivity index (χ0v) is 13.7. The van der Waals surface area contributed by atoms with Crippen molar-refractivity contribution in [3.05, 3.63) is 59.7 Å². The number of hydrogen-bond acceptors (Lipinski definition) is 4. The molecule has 0 radical (unpaired) electrons. The van der Waals surface area contributed by atoms with E-state index in [1.54, 1.807) is 19.2 Å². The lowest BCUT2D eigenvalue weighted by molar-refractivity contribution is -0.123. The van der Waals surface area contributed by atoms with Crippen molar-refractivity contribution in [3.8, 4) is 11.5 Å². The molecule has 2 atom stereocenters. The fourth-order valence-corrected chi connectivity index (χ4v) is 3.01. The summed E-state index contributed by atoms with van der Waals surface area (Å²) in [5, 5.41) is 16.0. The average Bonchev–Trinajstić information content (AvgIpc) is 2.62. The SMILES string of the molecule is COc1ccc([C@@H]2NC(=O)CC[C@H]2NCc2ccc(O)cc2)cc1. The minimum atomic E-state index is -0.0609. The molecular weight excluding hydrogens is 304 g/mol. The third-order valence-electron chi connectivity index (χ3n) is 4.38. The van der Waals surface area contributed by atoms with E-state index in [2.05, 4.69) is 10.6 Å². The number of benzene rings is 2. The average molecular weight is 326 g/mol. The first-order valence-corrected chi connectivity index (χ1v) is 8.10. The second-order valence-corrected chi connectivity index (χ2v) is 6.01. The van der Waals surface area contributed by atoms with Crippen LogP contribution in [0.2, 0.25) is 0 Å². The van der Waals surface area contributed by atoms with E-state index in [4.69, 9.17) is 4.74 Å². The van der Waals surface area contributed by atoms with Crippen molar-refractivity contribution in [1.82, 2.24) is 10.6 Å². The van der Waals surface area contributed by atoms with Crippen LogP contribution in [0.25, 0.3) is 0 Å². The molecule has 1 fully saturated rings. The van der Waals surface area contributed by atoms with Crippen molar-refractivity contribution < 1.29 is 14.6 Å². The van der Waals surface area contributed by atoms with Gasteiger partial charge >= 0.3 is 0 Å². The number of rotatable bonds is 5. The molecule has 126 valence electrons. The number of piperidine rings is 1. The van der Waals surface area contributed by atoms with Crippen molar-refractivity contribution in [1.29, 1.82) is 0 Å². The maximum absolute atomic E-state index is 11.8. The van der Waals surface area contributed by atoms with E-state index in [-0.39, 0.29) is 23.7 Å². The zero-order chi connectivity index (χ0) is 16.9.